The quantitative estimate of drug-likeness (QED) is 0.904. The van der Waals surface area contributed by atoms with E-state index in [1.54, 1.807) is 6.20 Å². The van der Waals surface area contributed by atoms with Crippen LogP contribution in [0.4, 0.5) is 0 Å². The van der Waals surface area contributed by atoms with E-state index in [-0.39, 0.29) is 18.1 Å². The average molecular weight is 343 g/mol. The van der Waals surface area contributed by atoms with Crippen LogP contribution in [0.5, 0.6) is 11.5 Å². The molecule has 0 bridgehead atoms. The maximum Gasteiger partial charge on any atom is 0.257 e. The molecule has 7 heteroatoms. The lowest BCUT2D eigenvalue weighted by Gasteiger charge is -2.35. The molecule has 1 fully saturated rings. The van der Waals surface area contributed by atoms with E-state index in [1.807, 2.05) is 36.9 Å². The van der Waals surface area contributed by atoms with Crippen LogP contribution >= 0.6 is 0 Å². The monoisotopic (exact) mass is 343 g/mol. The second-order valence-electron chi connectivity index (χ2n) is 6.48. The van der Waals surface area contributed by atoms with Crippen LogP contribution in [-0.4, -0.2) is 59.5 Å². The Hall–Kier alpha value is -2.54. The minimum absolute atomic E-state index is 0.0253. The number of hydrogen-bond acceptors (Lipinski definition) is 5. The highest BCUT2D eigenvalue weighted by molar-refractivity contribution is 6.00. The molecule has 1 amide bonds. The van der Waals surface area contributed by atoms with Crippen LogP contribution in [0.2, 0.25) is 0 Å². The molecular formula is C18H21N3O4. The first-order valence-electron chi connectivity index (χ1n) is 8.50. The van der Waals surface area contributed by atoms with Crippen molar-refractivity contribution in [3.05, 3.63) is 30.0 Å². The molecule has 0 spiro atoms. The van der Waals surface area contributed by atoms with Crippen molar-refractivity contribution in [2.75, 3.05) is 26.3 Å². The van der Waals surface area contributed by atoms with Gasteiger partial charge in [-0.15, -0.1) is 0 Å². The van der Waals surface area contributed by atoms with Crippen molar-refractivity contribution >= 4 is 5.91 Å². The van der Waals surface area contributed by atoms with Gasteiger partial charge >= 0.3 is 0 Å². The Kier molecular flexibility index (Phi) is 4.09. The summed E-state index contributed by atoms with van der Waals surface area (Å²) in [5.41, 5.74) is 2.09. The molecule has 1 aromatic heterocycles. The molecule has 4 rings (SSSR count). The third-order valence-electron chi connectivity index (χ3n) is 4.41. The maximum atomic E-state index is 13.0. The van der Waals surface area contributed by atoms with E-state index in [4.69, 9.17) is 14.2 Å². The zero-order chi connectivity index (χ0) is 17.4. The van der Waals surface area contributed by atoms with Gasteiger partial charge in [0.1, 0.15) is 13.2 Å². The van der Waals surface area contributed by atoms with Crippen LogP contribution in [0.3, 0.4) is 0 Å². The minimum atomic E-state index is -0.0411. The summed E-state index contributed by atoms with van der Waals surface area (Å²) in [6, 6.07) is 5.64. The van der Waals surface area contributed by atoms with E-state index < -0.39 is 0 Å². The number of carbonyl (C=O) groups excluding carboxylic acids is 1. The lowest BCUT2D eigenvalue weighted by atomic mass is 10.1. The predicted octanol–water partition coefficient (Wildman–Crippen LogP) is 2.10. The molecular weight excluding hydrogens is 322 g/mol. The number of morpholine rings is 1. The van der Waals surface area contributed by atoms with Crippen molar-refractivity contribution in [3.8, 4) is 22.8 Å². The first-order valence-corrected chi connectivity index (χ1v) is 8.50. The molecule has 1 saturated heterocycles. The zero-order valence-electron chi connectivity index (χ0n) is 14.3. The predicted molar refractivity (Wildman–Crippen MR) is 90.9 cm³/mol. The Morgan fingerprint density at radius 2 is 1.88 bits per heavy atom. The highest BCUT2D eigenvalue weighted by Gasteiger charge is 2.29. The van der Waals surface area contributed by atoms with Gasteiger partial charge in [0.2, 0.25) is 0 Å². The van der Waals surface area contributed by atoms with Crippen LogP contribution in [0.25, 0.3) is 11.3 Å². The molecule has 7 nitrogen and oxygen atoms in total. The number of aromatic nitrogens is 2. The van der Waals surface area contributed by atoms with Crippen LogP contribution in [0.15, 0.2) is 24.4 Å². The van der Waals surface area contributed by atoms with E-state index in [0.717, 1.165) is 11.3 Å². The Morgan fingerprint density at radius 3 is 2.64 bits per heavy atom. The summed E-state index contributed by atoms with van der Waals surface area (Å²) in [6.45, 7) is 6.19. The number of carbonyl (C=O) groups is 1. The Bertz CT molecular complexity index is 778. The fourth-order valence-corrected chi connectivity index (χ4v) is 3.38. The second-order valence-corrected chi connectivity index (χ2v) is 6.48. The third-order valence-corrected chi connectivity index (χ3v) is 4.41. The molecule has 3 heterocycles. The van der Waals surface area contributed by atoms with E-state index in [2.05, 4.69) is 10.2 Å². The maximum absolute atomic E-state index is 13.0. The smallest absolute Gasteiger partial charge is 0.257 e. The SMILES string of the molecule is C[C@H]1CN(C(=O)c2cn[nH]c2-c2ccc3c(c2)OCCO3)C[C@H](C)O1. The molecule has 0 radical (unpaired) electrons. The molecule has 1 aromatic carbocycles. The van der Waals surface area contributed by atoms with Gasteiger partial charge in [0.05, 0.1) is 29.7 Å². The summed E-state index contributed by atoms with van der Waals surface area (Å²) in [7, 11) is 0. The number of amides is 1. The zero-order valence-corrected chi connectivity index (χ0v) is 14.3. The van der Waals surface area contributed by atoms with Gasteiger partial charge in [-0.3, -0.25) is 9.89 Å². The van der Waals surface area contributed by atoms with Gasteiger partial charge in [-0.1, -0.05) is 0 Å². The van der Waals surface area contributed by atoms with Crippen molar-refractivity contribution < 1.29 is 19.0 Å². The van der Waals surface area contributed by atoms with Crippen LogP contribution in [0.1, 0.15) is 24.2 Å². The summed E-state index contributed by atoms with van der Waals surface area (Å²) in [5, 5.41) is 7.03. The normalized spacial score (nSPS) is 22.7. The summed E-state index contributed by atoms with van der Waals surface area (Å²) in [5.74, 6) is 1.37. The summed E-state index contributed by atoms with van der Waals surface area (Å²) in [4.78, 5) is 14.8. The van der Waals surface area contributed by atoms with Crippen LogP contribution < -0.4 is 9.47 Å². The van der Waals surface area contributed by atoms with Gasteiger partial charge in [-0.2, -0.15) is 5.10 Å². The lowest BCUT2D eigenvalue weighted by Crippen LogP contribution is -2.48. The second kappa shape index (κ2) is 6.40. The van der Waals surface area contributed by atoms with Crippen molar-refractivity contribution in [2.45, 2.75) is 26.1 Å². The van der Waals surface area contributed by atoms with Gasteiger partial charge in [-0.25, -0.2) is 0 Å². The van der Waals surface area contributed by atoms with Gasteiger partial charge in [0.25, 0.3) is 5.91 Å². The van der Waals surface area contributed by atoms with Gasteiger partial charge in [0, 0.05) is 18.7 Å². The molecule has 1 N–H and O–H groups in total. The molecule has 25 heavy (non-hydrogen) atoms. The van der Waals surface area contributed by atoms with E-state index >= 15 is 0 Å². The summed E-state index contributed by atoms with van der Waals surface area (Å²) >= 11 is 0. The number of rotatable bonds is 2. The molecule has 0 saturated carbocycles. The first kappa shape index (κ1) is 16.0. The highest BCUT2D eigenvalue weighted by atomic mass is 16.6. The van der Waals surface area contributed by atoms with Gasteiger partial charge < -0.3 is 19.1 Å². The number of hydrogen-bond donors (Lipinski definition) is 1. The average Bonchev–Trinajstić information content (AvgIpc) is 3.09. The van der Waals surface area contributed by atoms with Crippen molar-refractivity contribution in [2.24, 2.45) is 0 Å². The number of nitrogens with zero attached hydrogens (tertiary/aromatic N) is 2. The third kappa shape index (κ3) is 3.07. The standard InChI is InChI=1S/C18H21N3O4/c1-11-9-21(10-12(2)25-11)18(22)14-8-19-20-17(14)13-3-4-15-16(7-13)24-6-5-23-15/h3-4,7-8,11-12H,5-6,9-10H2,1-2H3,(H,19,20)/t11-,12-/m0/s1. The highest BCUT2D eigenvalue weighted by Crippen LogP contribution is 2.35. The minimum Gasteiger partial charge on any atom is -0.486 e. The first-order chi connectivity index (χ1) is 12.1. The number of benzene rings is 1. The van der Waals surface area contributed by atoms with Crippen LogP contribution in [0, 0.1) is 0 Å². The summed E-state index contributed by atoms with van der Waals surface area (Å²) < 4.78 is 16.9. The fraction of sp³-hybridized carbons (Fsp3) is 0.444. The van der Waals surface area contributed by atoms with E-state index in [1.165, 1.54) is 0 Å². The number of ether oxygens (including phenoxy) is 3. The Morgan fingerprint density at radius 1 is 1.16 bits per heavy atom. The molecule has 2 aliphatic heterocycles. The van der Waals surface area contributed by atoms with Gasteiger partial charge in [0.15, 0.2) is 11.5 Å². The molecule has 0 aliphatic carbocycles. The number of aromatic amines is 1. The molecule has 2 aromatic rings. The molecule has 132 valence electrons. The number of nitrogens with one attached hydrogen (secondary N) is 1. The number of H-pyrrole nitrogens is 1. The van der Waals surface area contributed by atoms with Gasteiger partial charge in [-0.05, 0) is 32.0 Å². The lowest BCUT2D eigenvalue weighted by molar-refractivity contribution is -0.0586. The largest absolute Gasteiger partial charge is 0.486 e. The Balaban J connectivity index is 1.63. The van der Waals surface area contributed by atoms with Crippen molar-refractivity contribution in [3.63, 3.8) is 0 Å². The van der Waals surface area contributed by atoms with Crippen molar-refractivity contribution in [1.29, 1.82) is 0 Å². The van der Waals surface area contributed by atoms with E-state index in [0.29, 0.717) is 43.3 Å². The Labute approximate surface area is 145 Å². The topological polar surface area (TPSA) is 76.7 Å². The fourth-order valence-electron chi connectivity index (χ4n) is 3.38. The summed E-state index contributed by atoms with van der Waals surface area (Å²) in [6.07, 6.45) is 1.63. The van der Waals surface area contributed by atoms with E-state index in [9.17, 15) is 4.79 Å². The molecule has 2 aliphatic rings. The number of fused-ring (bicyclic) bond motifs is 1. The molecule has 0 unspecified atom stereocenters. The van der Waals surface area contributed by atoms with Crippen LogP contribution in [-0.2, 0) is 4.74 Å². The van der Waals surface area contributed by atoms with Crippen molar-refractivity contribution in [1.82, 2.24) is 15.1 Å². The molecule has 2 atom stereocenters.